The summed E-state index contributed by atoms with van der Waals surface area (Å²) in [4.78, 5) is 23.2. The van der Waals surface area contributed by atoms with Crippen molar-refractivity contribution in [3.8, 4) is 0 Å². The van der Waals surface area contributed by atoms with Crippen molar-refractivity contribution in [1.29, 1.82) is 0 Å². The third-order valence-electron chi connectivity index (χ3n) is 3.30. The molecule has 1 aliphatic rings. The number of carbonyl (C=O) groups excluding carboxylic acids is 1. The van der Waals surface area contributed by atoms with Crippen LogP contribution < -0.4 is 10.6 Å². The lowest BCUT2D eigenvalue weighted by atomic mass is 9.99. The van der Waals surface area contributed by atoms with Crippen LogP contribution in [0.2, 0.25) is 0 Å². The highest BCUT2D eigenvalue weighted by atomic mass is 16.5. The van der Waals surface area contributed by atoms with Crippen molar-refractivity contribution in [2.45, 2.75) is 39.3 Å². The Kier molecular flexibility index (Phi) is 6.24. The van der Waals surface area contributed by atoms with Gasteiger partial charge in [0.05, 0.1) is 19.1 Å². The van der Waals surface area contributed by atoms with E-state index in [0.29, 0.717) is 13.2 Å². The van der Waals surface area contributed by atoms with E-state index in [1.54, 1.807) is 13.8 Å². The molecule has 0 spiro atoms. The molecule has 0 bridgehead atoms. The summed E-state index contributed by atoms with van der Waals surface area (Å²) in [5.41, 5.74) is 0. The standard InChI is InChI=1S/C13H24N2O4/c1-4-5-14-10-7-19-6-9(10)12(16)15-11(8(2)3)13(17)18/h8-11,14H,4-7H2,1-3H3,(H,15,16)(H,17,18)/t9?,10?,11-/m1/s1. The van der Waals surface area contributed by atoms with E-state index in [2.05, 4.69) is 17.6 Å². The van der Waals surface area contributed by atoms with E-state index < -0.39 is 12.0 Å². The van der Waals surface area contributed by atoms with Gasteiger partial charge in [-0.3, -0.25) is 4.79 Å². The third kappa shape index (κ3) is 4.47. The number of carbonyl (C=O) groups is 2. The van der Waals surface area contributed by atoms with Crippen molar-refractivity contribution >= 4 is 11.9 Å². The van der Waals surface area contributed by atoms with E-state index in [0.717, 1.165) is 13.0 Å². The zero-order chi connectivity index (χ0) is 14.4. The number of nitrogens with one attached hydrogen (secondary N) is 2. The average molecular weight is 272 g/mol. The second-order valence-electron chi connectivity index (χ2n) is 5.27. The Balaban J connectivity index is 2.58. The Morgan fingerprint density at radius 1 is 1.37 bits per heavy atom. The van der Waals surface area contributed by atoms with Crippen LogP contribution in [-0.2, 0) is 14.3 Å². The second-order valence-corrected chi connectivity index (χ2v) is 5.27. The van der Waals surface area contributed by atoms with Crippen molar-refractivity contribution in [2.24, 2.45) is 11.8 Å². The van der Waals surface area contributed by atoms with Gasteiger partial charge in [0.25, 0.3) is 0 Å². The third-order valence-corrected chi connectivity index (χ3v) is 3.30. The molecule has 110 valence electrons. The average Bonchev–Trinajstić information content (AvgIpc) is 2.80. The predicted octanol–water partition coefficient (Wildman–Crippen LogP) is 0.226. The van der Waals surface area contributed by atoms with Crippen LogP contribution in [0.15, 0.2) is 0 Å². The van der Waals surface area contributed by atoms with Gasteiger partial charge >= 0.3 is 5.97 Å². The highest BCUT2D eigenvalue weighted by molar-refractivity contribution is 5.85. The number of carboxylic acids is 1. The summed E-state index contributed by atoms with van der Waals surface area (Å²) in [6, 6.07) is -0.874. The fourth-order valence-corrected chi connectivity index (χ4v) is 2.12. The first-order valence-electron chi connectivity index (χ1n) is 6.81. The number of hydrogen-bond donors (Lipinski definition) is 3. The van der Waals surface area contributed by atoms with E-state index >= 15 is 0 Å². The molecule has 1 heterocycles. The molecule has 2 unspecified atom stereocenters. The molecule has 0 aliphatic carbocycles. The molecule has 1 aliphatic heterocycles. The molecule has 1 fully saturated rings. The van der Waals surface area contributed by atoms with Gasteiger partial charge in [0.1, 0.15) is 6.04 Å². The first kappa shape index (κ1) is 15.9. The van der Waals surface area contributed by atoms with Gasteiger partial charge in [-0.2, -0.15) is 0 Å². The molecule has 0 aromatic heterocycles. The molecular weight excluding hydrogens is 248 g/mol. The van der Waals surface area contributed by atoms with E-state index in [-0.39, 0.29) is 23.8 Å². The molecule has 6 nitrogen and oxygen atoms in total. The minimum absolute atomic E-state index is 0.0263. The van der Waals surface area contributed by atoms with Crippen LogP contribution in [0.5, 0.6) is 0 Å². The molecule has 0 saturated carbocycles. The van der Waals surface area contributed by atoms with Gasteiger partial charge in [0.15, 0.2) is 0 Å². The summed E-state index contributed by atoms with van der Waals surface area (Å²) < 4.78 is 5.32. The van der Waals surface area contributed by atoms with Crippen LogP contribution in [-0.4, -0.2) is 48.8 Å². The Hall–Kier alpha value is -1.14. The number of ether oxygens (including phenoxy) is 1. The quantitative estimate of drug-likeness (QED) is 0.617. The molecule has 0 radical (unpaired) electrons. The van der Waals surface area contributed by atoms with Gasteiger partial charge in [0, 0.05) is 6.04 Å². The lowest BCUT2D eigenvalue weighted by Gasteiger charge is -2.23. The molecule has 0 aromatic rings. The maximum Gasteiger partial charge on any atom is 0.326 e. The second kappa shape index (κ2) is 7.45. The number of hydrogen-bond acceptors (Lipinski definition) is 4. The first-order valence-corrected chi connectivity index (χ1v) is 6.81. The molecule has 19 heavy (non-hydrogen) atoms. The number of rotatable bonds is 7. The zero-order valence-electron chi connectivity index (χ0n) is 11.8. The van der Waals surface area contributed by atoms with Crippen molar-refractivity contribution in [1.82, 2.24) is 10.6 Å². The Bertz CT molecular complexity index is 320. The van der Waals surface area contributed by atoms with Gasteiger partial charge in [0.2, 0.25) is 5.91 Å². The lowest BCUT2D eigenvalue weighted by Crippen LogP contribution is -2.50. The van der Waals surface area contributed by atoms with Crippen LogP contribution in [0, 0.1) is 11.8 Å². The Morgan fingerprint density at radius 2 is 2.05 bits per heavy atom. The highest BCUT2D eigenvalue weighted by Gasteiger charge is 2.36. The minimum Gasteiger partial charge on any atom is -0.480 e. The Morgan fingerprint density at radius 3 is 2.58 bits per heavy atom. The van der Waals surface area contributed by atoms with Gasteiger partial charge in [-0.1, -0.05) is 20.8 Å². The van der Waals surface area contributed by atoms with Crippen molar-refractivity contribution in [2.75, 3.05) is 19.8 Å². The van der Waals surface area contributed by atoms with Crippen LogP contribution in [0.1, 0.15) is 27.2 Å². The SMILES string of the molecule is CCCNC1COCC1C(=O)N[C@@H](C(=O)O)C(C)C. The van der Waals surface area contributed by atoms with Crippen LogP contribution >= 0.6 is 0 Å². The van der Waals surface area contributed by atoms with Gasteiger partial charge in [-0.05, 0) is 18.9 Å². The summed E-state index contributed by atoms with van der Waals surface area (Å²) in [7, 11) is 0. The van der Waals surface area contributed by atoms with Crippen molar-refractivity contribution in [3.05, 3.63) is 0 Å². The summed E-state index contributed by atoms with van der Waals surface area (Å²) in [6.07, 6.45) is 0.981. The molecule has 0 aromatic carbocycles. The van der Waals surface area contributed by atoms with Crippen LogP contribution in [0.25, 0.3) is 0 Å². The molecule has 3 atom stereocenters. The smallest absolute Gasteiger partial charge is 0.326 e. The summed E-state index contributed by atoms with van der Waals surface area (Å²) >= 11 is 0. The van der Waals surface area contributed by atoms with Crippen LogP contribution in [0.3, 0.4) is 0 Å². The topological polar surface area (TPSA) is 87.7 Å². The number of aliphatic carboxylic acids is 1. The maximum absolute atomic E-state index is 12.1. The molecule has 1 rings (SSSR count). The Labute approximate surface area is 113 Å². The zero-order valence-corrected chi connectivity index (χ0v) is 11.8. The molecule has 1 amide bonds. The monoisotopic (exact) mass is 272 g/mol. The van der Waals surface area contributed by atoms with Gasteiger partial charge in [-0.25, -0.2) is 4.79 Å². The van der Waals surface area contributed by atoms with Gasteiger partial charge in [-0.15, -0.1) is 0 Å². The minimum atomic E-state index is -1.000. The first-order chi connectivity index (χ1) is 8.97. The van der Waals surface area contributed by atoms with Gasteiger partial charge < -0.3 is 20.5 Å². The fourth-order valence-electron chi connectivity index (χ4n) is 2.12. The number of carboxylic acid groups (broad SMARTS) is 1. The van der Waals surface area contributed by atoms with Crippen LogP contribution in [0.4, 0.5) is 0 Å². The van der Waals surface area contributed by atoms with E-state index in [1.165, 1.54) is 0 Å². The summed E-state index contributed by atoms with van der Waals surface area (Å²) in [5, 5.41) is 14.9. The number of amides is 1. The van der Waals surface area contributed by atoms with E-state index in [4.69, 9.17) is 9.84 Å². The normalized spacial score (nSPS) is 24.4. The molecule has 6 heteroatoms. The largest absolute Gasteiger partial charge is 0.480 e. The maximum atomic E-state index is 12.1. The molecule has 3 N–H and O–H groups in total. The molecular formula is C13H24N2O4. The summed E-state index contributed by atoms with van der Waals surface area (Å²) in [5.74, 6) is -1.70. The highest BCUT2D eigenvalue weighted by Crippen LogP contribution is 2.15. The summed E-state index contributed by atoms with van der Waals surface area (Å²) in [6.45, 7) is 7.27. The van der Waals surface area contributed by atoms with Crippen molar-refractivity contribution in [3.63, 3.8) is 0 Å². The predicted molar refractivity (Wildman–Crippen MR) is 70.8 cm³/mol. The lowest BCUT2D eigenvalue weighted by molar-refractivity contribution is -0.143. The van der Waals surface area contributed by atoms with E-state index in [1.807, 2.05) is 0 Å². The van der Waals surface area contributed by atoms with E-state index in [9.17, 15) is 9.59 Å². The fraction of sp³-hybridized carbons (Fsp3) is 0.846. The van der Waals surface area contributed by atoms with Crippen molar-refractivity contribution < 1.29 is 19.4 Å². The molecule has 1 saturated heterocycles.